The molecule has 0 atom stereocenters. The second kappa shape index (κ2) is 34.4. The van der Waals surface area contributed by atoms with Gasteiger partial charge in [-0.1, -0.05) is 128 Å². The van der Waals surface area contributed by atoms with Crippen LogP contribution in [0.2, 0.25) is 0 Å². The number of unbranched alkanes of at least 4 members (excludes halogenated alkanes) is 16. The Morgan fingerprint density at radius 2 is 1.02 bits per heavy atom. The maximum Gasteiger partial charge on any atom is 0.305 e. The van der Waals surface area contributed by atoms with Gasteiger partial charge in [0.25, 0.3) is 0 Å². The molecule has 0 N–H and O–H groups in total. The average molecular weight is 649 g/mol. The van der Waals surface area contributed by atoms with Gasteiger partial charge < -0.3 is 28.4 Å². The van der Waals surface area contributed by atoms with Crippen LogP contribution in [0.1, 0.15) is 134 Å². The van der Waals surface area contributed by atoms with E-state index in [1.807, 2.05) is 30.3 Å². The molecule has 0 aromatic heterocycles. The van der Waals surface area contributed by atoms with Crippen molar-refractivity contribution in [2.45, 2.75) is 129 Å². The van der Waals surface area contributed by atoms with Gasteiger partial charge in [0.2, 0.25) is 0 Å². The molecule has 7 nitrogen and oxygen atoms in total. The number of benzene rings is 1. The minimum atomic E-state index is -0.136. The van der Waals surface area contributed by atoms with E-state index in [4.69, 9.17) is 28.4 Å². The van der Waals surface area contributed by atoms with E-state index in [-0.39, 0.29) is 5.97 Å². The number of hydrogen-bond donors (Lipinski definition) is 0. The number of rotatable bonds is 36. The minimum Gasteiger partial charge on any atom is -0.494 e. The summed E-state index contributed by atoms with van der Waals surface area (Å²) in [7, 11) is 0. The Morgan fingerprint density at radius 1 is 0.565 bits per heavy atom. The van der Waals surface area contributed by atoms with Gasteiger partial charge >= 0.3 is 5.97 Å². The first-order valence-electron chi connectivity index (χ1n) is 18.6. The second-order valence-electron chi connectivity index (χ2n) is 12.1. The molecule has 0 heterocycles. The van der Waals surface area contributed by atoms with Crippen LogP contribution in [0.25, 0.3) is 6.08 Å². The number of carbonyl (C=O) groups excluding carboxylic acids is 1. The maximum atomic E-state index is 11.9. The number of hydrogen-bond acceptors (Lipinski definition) is 7. The lowest BCUT2D eigenvalue weighted by Crippen LogP contribution is -2.14. The lowest BCUT2D eigenvalue weighted by molar-refractivity contribution is -0.145. The third kappa shape index (κ3) is 29.5. The molecule has 46 heavy (non-hydrogen) atoms. The van der Waals surface area contributed by atoms with Crippen LogP contribution < -0.4 is 4.74 Å². The lowest BCUT2D eigenvalue weighted by Gasteiger charge is -2.08. The van der Waals surface area contributed by atoms with Gasteiger partial charge in [-0.2, -0.15) is 0 Å². The Labute approximate surface area is 282 Å². The molecule has 0 unspecified atom stereocenters. The highest BCUT2D eigenvalue weighted by Gasteiger charge is 2.03. The molecule has 0 radical (unpaired) electrons. The third-order valence-corrected chi connectivity index (χ3v) is 7.89. The standard InChI is InChI=1S/C39H68O7/c1-3-5-6-7-8-9-11-14-17-20-26-41-28-29-42-30-31-43-32-33-44-34-35-46-39(40)25-19-16-13-10-12-15-18-21-27-45-38-24-22-23-37(4-2)36-38/h4,22-24,36H,2-3,5-21,25-35H2,1H3. The van der Waals surface area contributed by atoms with E-state index in [0.29, 0.717) is 59.3 Å². The fourth-order valence-electron chi connectivity index (χ4n) is 5.09. The molecule has 1 aromatic rings. The normalized spacial score (nSPS) is 11.2. The summed E-state index contributed by atoms with van der Waals surface area (Å²) in [6.45, 7) is 11.7. The van der Waals surface area contributed by atoms with Crippen LogP contribution in [0, 0.1) is 0 Å². The first kappa shape index (κ1) is 42.1. The van der Waals surface area contributed by atoms with E-state index in [1.165, 1.54) is 89.9 Å². The molecule has 266 valence electrons. The molecule has 0 fully saturated rings. The fourth-order valence-corrected chi connectivity index (χ4v) is 5.09. The topological polar surface area (TPSA) is 72.5 Å². The summed E-state index contributed by atoms with van der Waals surface area (Å²) in [5.41, 5.74) is 1.08. The molecule has 1 rings (SSSR count). The largest absolute Gasteiger partial charge is 0.494 e. The van der Waals surface area contributed by atoms with E-state index in [2.05, 4.69) is 13.5 Å². The first-order valence-corrected chi connectivity index (χ1v) is 18.6. The summed E-state index contributed by atoms with van der Waals surface area (Å²) in [6, 6.07) is 8.02. The molecule has 7 heteroatoms. The van der Waals surface area contributed by atoms with Crippen LogP contribution in [0.4, 0.5) is 0 Å². The van der Waals surface area contributed by atoms with Gasteiger partial charge in [0.1, 0.15) is 12.4 Å². The zero-order chi connectivity index (χ0) is 33.0. The van der Waals surface area contributed by atoms with Gasteiger partial charge in [0, 0.05) is 13.0 Å². The van der Waals surface area contributed by atoms with E-state index in [0.717, 1.165) is 50.2 Å². The zero-order valence-electron chi connectivity index (χ0n) is 29.5. The fraction of sp³-hybridized carbons (Fsp3) is 0.769. The van der Waals surface area contributed by atoms with Gasteiger partial charge in [-0.3, -0.25) is 4.79 Å². The van der Waals surface area contributed by atoms with Crippen LogP contribution in [0.5, 0.6) is 5.75 Å². The smallest absolute Gasteiger partial charge is 0.305 e. The summed E-state index contributed by atoms with van der Waals surface area (Å²) >= 11 is 0. The molecule has 1 aromatic carbocycles. The Balaban J connectivity index is 1.69. The Hall–Kier alpha value is -1.93. The predicted octanol–water partition coefficient (Wildman–Crippen LogP) is 9.75. The molecule has 0 saturated carbocycles. The highest BCUT2D eigenvalue weighted by Crippen LogP contribution is 2.15. The molecule has 0 bridgehead atoms. The zero-order valence-corrected chi connectivity index (χ0v) is 29.5. The van der Waals surface area contributed by atoms with E-state index >= 15 is 0 Å². The highest BCUT2D eigenvalue weighted by molar-refractivity contribution is 5.69. The van der Waals surface area contributed by atoms with E-state index < -0.39 is 0 Å². The molecule has 0 spiro atoms. The molecular formula is C39H68O7. The molecule has 0 amide bonds. The van der Waals surface area contributed by atoms with Crippen molar-refractivity contribution in [1.29, 1.82) is 0 Å². The van der Waals surface area contributed by atoms with Crippen LogP contribution in [-0.4, -0.2) is 72.0 Å². The summed E-state index contributed by atoms with van der Waals surface area (Å²) in [5, 5.41) is 0. The van der Waals surface area contributed by atoms with Crippen molar-refractivity contribution < 1.29 is 33.2 Å². The molecule has 0 aliphatic carbocycles. The molecule has 0 saturated heterocycles. The first-order chi connectivity index (χ1) is 22.8. The quantitative estimate of drug-likeness (QED) is 0.0530. The minimum absolute atomic E-state index is 0.136. The van der Waals surface area contributed by atoms with Crippen molar-refractivity contribution in [3.05, 3.63) is 36.4 Å². The van der Waals surface area contributed by atoms with Gasteiger partial charge in [0.05, 0.1) is 52.9 Å². The van der Waals surface area contributed by atoms with Crippen molar-refractivity contribution in [2.75, 3.05) is 66.1 Å². The maximum absolute atomic E-state index is 11.9. The third-order valence-electron chi connectivity index (χ3n) is 7.89. The van der Waals surface area contributed by atoms with Gasteiger partial charge in [0.15, 0.2) is 0 Å². The van der Waals surface area contributed by atoms with Crippen LogP contribution >= 0.6 is 0 Å². The van der Waals surface area contributed by atoms with Crippen LogP contribution in [0.15, 0.2) is 30.8 Å². The number of esters is 1. The van der Waals surface area contributed by atoms with E-state index in [9.17, 15) is 4.79 Å². The van der Waals surface area contributed by atoms with Crippen LogP contribution in [-0.2, 0) is 28.5 Å². The van der Waals surface area contributed by atoms with Crippen molar-refractivity contribution in [3.63, 3.8) is 0 Å². The van der Waals surface area contributed by atoms with Crippen molar-refractivity contribution in [3.8, 4) is 5.75 Å². The lowest BCUT2D eigenvalue weighted by atomic mass is 10.1. The van der Waals surface area contributed by atoms with Crippen molar-refractivity contribution in [2.24, 2.45) is 0 Å². The SMILES string of the molecule is C=Cc1cccc(OCCCCCCCCCCC(=O)OCCOCCOCCOCCOCCCCCCCCCCCC)c1. The van der Waals surface area contributed by atoms with E-state index in [1.54, 1.807) is 0 Å². The van der Waals surface area contributed by atoms with Crippen LogP contribution in [0.3, 0.4) is 0 Å². The average Bonchev–Trinajstić information content (AvgIpc) is 3.07. The Morgan fingerprint density at radius 3 is 1.57 bits per heavy atom. The Bertz CT molecular complexity index is 800. The van der Waals surface area contributed by atoms with Crippen molar-refractivity contribution in [1.82, 2.24) is 0 Å². The van der Waals surface area contributed by atoms with Crippen molar-refractivity contribution >= 4 is 12.0 Å². The Kier molecular flexibility index (Phi) is 31.5. The molecular weight excluding hydrogens is 580 g/mol. The monoisotopic (exact) mass is 648 g/mol. The number of carbonyl (C=O) groups is 1. The summed E-state index contributed by atoms with van der Waals surface area (Å²) in [4.78, 5) is 11.9. The predicted molar refractivity (Wildman–Crippen MR) is 190 cm³/mol. The summed E-state index contributed by atoms with van der Waals surface area (Å²) < 4.78 is 33.3. The summed E-state index contributed by atoms with van der Waals surface area (Å²) in [6.07, 6.45) is 24.8. The van der Waals surface area contributed by atoms with Gasteiger partial charge in [-0.25, -0.2) is 0 Å². The molecule has 0 aliphatic heterocycles. The molecule has 0 aliphatic rings. The van der Waals surface area contributed by atoms with Gasteiger partial charge in [-0.15, -0.1) is 0 Å². The highest BCUT2D eigenvalue weighted by atomic mass is 16.6. The second-order valence-corrected chi connectivity index (χ2v) is 12.1. The van der Waals surface area contributed by atoms with Gasteiger partial charge in [-0.05, 0) is 37.0 Å². The number of ether oxygens (including phenoxy) is 6. The summed E-state index contributed by atoms with van der Waals surface area (Å²) in [5.74, 6) is 0.778.